The minimum Gasteiger partial charge on any atom is -0.504 e. The van der Waals surface area contributed by atoms with Crippen LogP contribution < -0.4 is 0 Å². The monoisotopic (exact) mass is 167 g/mol. The highest BCUT2D eigenvalue weighted by Crippen LogP contribution is 2.35. The first kappa shape index (κ1) is 8.32. The van der Waals surface area contributed by atoms with E-state index in [-0.39, 0.29) is 5.56 Å². The van der Waals surface area contributed by atoms with Gasteiger partial charge in [-0.05, 0) is 18.6 Å². The van der Waals surface area contributed by atoms with Crippen LogP contribution in [0.1, 0.15) is 5.56 Å². The Morgan fingerprint density at radius 3 is 2.50 bits per heavy atom. The number of hydrogen-bond acceptors (Lipinski definition) is 4. The number of nitro benzene ring substituents is 1. The van der Waals surface area contributed by atoms with E-state index < -0.39 is 22.1 Å². The van der Waals surface area contributed by atoms with E-state index in [1.807, 2.05) is 0 Å². The second-order valence-electron chi connectivity index (χ2n) is 2.16. The van der Waals surface area contributed by atoms with Crippen molar-refractivity contribution in [3.63, 3.8) is 0 Å². The van der Waals surface area contributed by atoms with E-state index in [1.54, 1.807) is 0 Å². The molecule has 0 heterocycles. The van der Waals surface area contributed by atoms with Gasteiger partial charge < -0.3 is 10.2 Å². The lowest BCUT2D eigenvalue weighted by atomic mass is 10.2. The number of nitrogens with zero attached hydrogens (tertiary/aromatic N) is 1. The van der Waals surface area contributed by atoms with Gasteiger partial charge in [-0.2, -0.15) is 0 Å². The molecule has 62 valence electrons. The highest BCUT2D eigenvalue weighted by atomic mass is 16.6. The molecule has 0 aromatic heterocycles. The molecule has 1 rings (SSSR count). The molecular formula is C7H5NO4. The van der Waals surface area contributed by atoms with Crippen molar-refractivity contribution >= 4 is 5.69 Å². The van der Waals surface area contributed by atoms with Gasteiger partial charge in [-0.3, -0.25) is 10.1 Å². The summed E-state index contributed by atoms with van der Waals surface area (Å²) in [5, 5.41) is 28.0. The molecule has 2 N–H and O–H groups in total. The van der Waals surface area contributed by atoms with Crippen molar-refractivity contribution in [2.75, 3.05) is 0 Å². The second kappa shape index (κ2) is 2.69. The van der Waals surface area contributed by atoms with Crippen LogP contribution in [0, 0.1) is 17.0 Å². The fourth-order valence-electron chi connectivity index (χ4n) is 0.765. The normalized spacial score (nSPS) is 9.75. The van der Waals surface area contributed by atoms with Gasteiger partial charge in [0.2, 0.25) is 5.75 Å². The third-order valence-electron chi connectivity index (χ3n) is 1.29. The highest BCUT2D eigenvalue weighted by molar-refractivity contribution is 5.56. The fraction of sp³-hybridized carbons (Fsp3) is 0. The summed E-state index contributed by atoms with van der Waals surface area (Å²) in [7, 11) is 0. The standard InChI is InChI=1S/C7H5NO4/c1-4-2-5(8(11)12)7(10)6(9)3-4/h1-3,9-10H. The lowest BCUT2D eigenvalue weighted by Crippen LogP contribution is -1.89. The topological polar surface area (TPSA) is 83.6 Å². The molecule has 5 nitrogen and oxygen atoms in total. The molecular weight excluding hydrogens is 162 g/mol. The summed E-state index contributed by atoms with van der Waals surface area (Å²) in [6.45, 7) is 5.19. The Hall–Kier alpha value is -1.78. The summed E-state index contributed by atoms with van der Waals surface area (Å²) in [5.41, 5.74) is -0.579. The molecule has 0 fully saturated rings. The van der Waals surface area contributed by atoms with Crippen molar-refractivity contribution in [3.05, 3.63) is 34.7 Å². The number of phenols is 2. The van der Waals surface area contributed by atoms with Crippen molar-refractivity contribution in [1.29, 1.82) is 0 Å². The van der Waals surface area contributed by atoms with Gasteiger partial charge in [0.1, 0.15) is 0 Å². The van der Waals surface area contributed by atoms with E-state index >= 15 is 0 Å². The molecule has 0 aliphatic heterocycles. The third-order valence-corrected chi connectivity index (χ3v) is 1.29. The van der Waals surface area contributed by atoms with Gasteiger partial charge in [-0.1, -0.05) is 0 Å². The average Bonchev–Trinajstić information content (AvgIpc) is 1.96. The zero-order valence-corrected chi connectivity index (χ0v) is 5.89. The summed E-state index contributed by atoms with van der Waals surface area (Å²) in [5.74, 6) is -1.36. The maximum Gasteiger partial charge on any atom is 0.314 e. The summed E-state index contributed by atoms with van der Waals surface area (Å²) in [6.07, 6.45) is 0. The van der Waals surface area contributed by atoms with Crippen molar-refractivity contribution in [2.24, 2.45) is 0 Å². The molecule has 5 heteroatoms. The summed E-state index contributed by atoms with van der Waals surface area (Å²) in [6, 6.07) is 2.00. The van der Waals surface area contributed by atoms with Crippen molar-refractivity contribution in [3.8, 4) is 11.5 Å². The zero-order valence-electron chi connectivity index (χ0n) is 5.89. The van der Waals surface area contributed by atoms with Gasteiger partial charge >= 0.3 is 5.69 Å². The quantitative estimate of drug-likeness (QED) is 0.372. The SMILES string of the molecule is [CH]c1cc(O)c(O)c([N+](=O)[O-])c1. The number of aromatic hydroxyl groups is 2. The molecule has 0 amide bonds. The molecule has 0 bridgehead atoms. The predicted octanol–water partition coefficient (Wildman–Crippen LogP) is 1.07. The van der Waals surface area contributed by atoms with E-state index in [0.29, 0.717) is 0 Å². The molecule has 0 atom stereocenters. The van der Waals surface area contributed by atoms with Crippen LogP contribution in [0.4, 0.5) is 5.69 Å². The average molecular weight is 167 g/mol. The van der Waals surface area contributed by atoms with E-state index in [0.717, 1.165) is 12.1 Å². The maximum absolute atomic E-state index is 10.2. The maximum atomic E-state index is 10.2. The summed E-state index contributed by atoms with van der Waals surface area (Å²) >= 11 is 0. The van der Waals surface area contributed by atoms with E-state index in [9.17, 15) is 10.1 Å². The molecule has 1 aromatic carbocycles. The number of hydrogen-bond donors (Lipinski definition) is 2. The summed E-state index contributed by atoms with van der Waals surface area (Å²) in [4.78, 5) is 9.38. The smallest absolute Gasteiger partial charge is 0.314 e. The lowest BCUT2D eigenvalue weighted by molar-refractivity contribution is -0.386. The van der Waals surface area contributed by atoms with E-state index in [4.69, 9.17) is 17.1 Å². The molecule has 1 aromatic rings. The first-order valence-electron chi connectivity index (χ1n) is 2.98. The molecule has 12 heavy (non-hydrogen) atoms. The fourth-order valence-corrected chi connectivity index (χ4v) is 0.765. The molecule has 0 saturated heterocycles. The van der Waals surface area contributed by atoms with Crippen LogP contribution in [0.25, 0.3) is 0 Å². The molecule has 0 spiro atoms. The van der Waals surface area contributed by atoms with Crippen molar-refractivity contribution < 1.29 is 15.1 Å². The van der Waals surface area contributed by atoms with Crippen LogP contribution in [0.15, 0.2) is 12.1 Å². The Morgan fingerprint density at radius 2 is 2.00 bits per heavy atom. The number of nitro groups is 1. The van der Waals surface area contributed by atoms with Crippen LogP contribution in [0.2, 0.25) is 0 Å². The Balaban J connectivity index is 3.37. The van der Waals surface area contributed by atoms with Crippen LogP contribution in [0.5, 0.6) is 11.5 Å². The minimum absolute atomic E-state index is 0.0250. The van der Waals surface area contributed by atoms with E-state index in [2.05, 4.69) is 0 Å². The van der Waals surface area contributed by atoms with Crippen molar-refractivity contribution in [2.45, 2.75) is 0 Å². The van der Waals surface area contributed by atoms with E-state index in [1.165, 1.54) is 0 Å². The van der Waals surface area contributed by atoms with Crippen LogP contribution >= 0.6 is 0 Å². The van der Waals surface area contributed by atoms with Gasteiger partial charge in [0.05, 0.1) is 4.92 Å². The van der Waals surface area contributed by atoms with Gasteiger partial charge in [0, 0.05) is 6.07 Å². The number of benzene rings is 1. The predicted molar refractivity (Wildman–Crippen MR) is 39.8 cm³/mol. The number of rotatable bonds is 1. The first-order valence-corrected chi connectivity index (χ1v) is 2.98. The number of phenolic OH excluding ortho intramolecular Hbond substituents is 2. The third kappa shape index (κ3) is 1.29. The van der Waals surface area contributed by atoms with Crippen LogP contribution in [-0.2, 0) is 0 Å². The zero-order chi connectivity index (χ0) is 9.30. The molecule has 0 saturated carbocycles. The van der Waals surface area contributed by atoms with Crippen LogP contribution in [-0.4, -0.2) is 15.1 Å². The van der Waals surface area contributed by atoms with Crippen LogP contribution in [0.3, 0.4) is 0 Å². The highest BCUT2D eigenvalue weighted by Gasteiger charge is 2.17. The van der Waals surface area contributed by atoms with Crippen molar-refractivity contribution in [1.82, 2.24) is 0 Å². The molecule has 0 aliphatic rings. The van der Waals surface area contributed by atoms with Gasteiger partial charge in [0.25, 0.3) is 0 Å². The lowest BCUT2D eigenvalue weighted by Gasteiger charge is -1.99. The van der Waals surface area contributed by atoms with Gasteiger partial charge in [-0.15, -0.1) is 0 Å². The first-order chi connectivity index (χ1) is 5.52. The Labute approximate surface area is 68.0 Å². The molecule has 2 radical (unpaired) electrons. The Kier molecular flexibility index (Phi) is 1.86. The second-order valence-corrected chi connectivity index (χ2v) is 2.16. The van der Waals surface area contributed by atoms with Gasteiger partial charge in [-0.25, -0.2) is 0 Å². The summed E-state index contributed by atoms with van der Waals surface area (Å²) < 4.78 is 0. The molecule has 0 aliphatic carbocycles. The minimum atomic E-state index is -0.828. The Bertz CT molecular complexity index is 334. The Morgan fingerprint density at radius 1 is 1.42 bits per heavy atom. The van der Waals surface area contributed by atoms with Gasteiger partial charge in [0.15, 0.2) is 5.75 Å². The molecule has 0 unspecified atom stereocenters. The largest absolute Gasteiger partial charge is 0.504 e.